The van der Waals surface area contributed by atoms with Crippen molar-refractivity contribution in [2.24, 2.45) is 0 Å². The highest BCUT2D eigenvalue weighted by Gasteiger charge is 2.34. The van der Waals surface area contributed by atoms with E-state index in [0.717, 1.165) is 0 Å². The molecule has 0 bridgehead atoms. The average Bonchev–Trinajstić information content (AvgIpc) is 2.62. The molecule has 0 radical (unpaired) electrons. The van der Waals surface area contributed by atoms with Crippen LogP contribution in [0.2, 0.25) is 5.02 Å². The van der Waals surface area contributed by atoms with Gasteiger partial charge in [-0.25, -0.2) is 8.42 Å². The van der Waals surface area contributed by atoms with E-state index in [9.17, 15) is 13.2 Å². The summed E-state index contributed by atoms with van der Waals surface area (Å²) in [5.41, 5.74) is 0. The Morgan fingerprint density at radius 3 is 2.40 bits per heavy atom. The third kappa shape index (κ3) is 4.94. The van der Waals surface area contributed by atoms with Crippen molar-refractivity contribution in [1.29, 1.82) is 0 Å². The fourth-order valence-electron chi connectivity index (χ4n) is 3.05. The molecule has 1 aliphatic heterocycles. The van der Waals surface area contributed by atoms with Crippen molar-refractivity contribution in [3.8, 4) is 0 Å². The Labute approximate surface area is 154 Å². The van der Waals surface area contributed by atoms with Crippen molar-refractivity contribution in [2.75, 3.05) is 33.4 Å². The molecule has 0 aliphatic carbocycles. The first-order valence-electron chi connectivity index (χ1n) is 8.44. The van der Waals surface area contributed by atoms with Crippen LogP contribution >= 0.6 is 11.6 Å². The maximum Gasteiger partial charge on any atom is 0.243 e. The Hall–Kier alpha value is -1.15. The Balaban J connectivity index is 2.18. The van der Waals surface area contributed by atoms with Gasteiger partial charge >= 0.3 is 0 Å². The molecule has 1 aliphatic rings. The third-order valence-electron chi connectivity index (χ3n) is 4.46. The normalized spacial score (nSPS) is 16.4. The van der Waals surface area contributed by atoms with E-state index >= 15 is 0 Å². The van der Waals surface area contributed by atoms with Crippen molar-refractivity contribution in [2.45, 2.75) is 37.1 Å². The number of nitrogens with zero attached hydrogens (tertiary/aromatic N) is 2. The van der Waals surface area contributed by atoms with E-state index in [-0.39, 0.29) is 23.4 Å². The maximum absolute atomic E-state index is 13.1. The molecular weight excluding hydrogens is 364 g/mol. The first-order valence-corrected chi connectivity index (χ1v) is 10.3. The van der Waals surface area contributed by atoms with Gasteiger partial charge in [0.05, 0.1) is 11.5 Å². The Bertz CT molecular complexity index is 670. The number of likely N-dealkylation sites (tertiary alicyclic amines) is 1. The number of carbonyl (C=O) groups excluding carboxylic acids is 1. The largest absolute Gasteiger partial charge is 0.383 e. The van der Waals surface area contributed by atoms with Crippen LogP contribution in [0.5, 0.6) is 0 Å². The fourth-order valence-corrected chi connectivity index (χ4v) is 4.84. The zero-order chi connectivity index (χ0) is 18.4. The smallest absolute Gasteiger partial charge is 0.243 e. The molecule has 0 N–H and O–H groups in total. The maximum atomic E-state index is 13.1. The molecule has 1 fully saturated rings. The number of benzene rings is 1. The molecule has 0 aromatic heterocycles. The van der Waals surface area contributed by atoms with Crippen molar-refractivity contribution >= 4 is 27.5 Å². The summed E-state index contributed by atoms with van der Waals surface area (Å²) in [5, 5.41) is 0.494. The van der Waals surface area contributed by atoms with Crippen molar-refractivity contribution in [1.82, 2.24) is 9.21 Å². The van der Waals surface area contributed by atoms with Crippen LogP contribution in [0.25, 0.3) is 0 Å². The van der Waals surface area contributed by atoms with Crippen LogP contribution in [0.3, 0.4) is 0 Å². The number of sulfonamides is 1. The Morgan fingerprint density at radius 1 is 1.28 bits per heavy atom. The van der Waals surface area contributed by atoms with Gasteiger partial charge in [-0.1, -0.05) is 18.5 Å². The summed E-state index contributed by atoms with van der Waals surface area (Å²) >= 11 is 5.87. The van der Waals surface area contributed by atoms with Gasteiger partial charge in [-0.3, -0.25) is 4.79 Å². The molecular formula is C17H25ClN2O4S. The van der Waals surface area contributed by atoms with Gasteiger partial charge in [0.1, 0.15) is 0 Å². The van der Waals surface area contributed by atoms with E-state index in [1.807, 2.05) is 6.92 Å². The van der Waals surface area contributed by atoms with Gasteiger partial charge in [-0.05, 0) is 37.1 Å². The molecule has 0 spiro atoms. The molecule has 0 saturated carbocycles. The molecule has 140 valence electrons. The van der Waals surface area contributed by atoms with E-state index in [1.165, 1.54) is 16.4 Å². The number of ether oxygens (including phenoxy) is 1. The van der Waals surface area contributed by atoms with E-state index in [1.54, 1.807) is 24.1 Å². The van der Waals surface area contributed by atoms with Gasteiger partial charge < -0.3 is 9.64 Å². The summed E-state index contributed by atoms with van der Waals surface area (Å²) in [6.45, 7) is 3.60. The minimum Gasteiger partial charge on any atom is -0.383 e. The van der Waals surface area contributed by atoms with E-state index in [0.29, 0.717) is 44.0 Å². The lowest BCUT2D eigenvalue weighted by molar-refractivity contribution is -0.132. The van der Waals surface area contributed by atoms with Gasteiger partial charge in [0.25, 0.3) is 0 Å². The molecule has 8 heteroatoms. The predicted molar refractivity (Wildman–Crippen MR) is 97.1 cm³/mol. The number of hydrogen-bond donors (Lipinski definition) is 0. The highest BCUT2D eigenvalue weighted by Crippen LogP contribution is 2.25. The zero-order valence-electron chi connectivity index (χ0n) is 14.7. The van der Waals surface area contributed by atoms with E-state index in [2.05, 4.69) is 0 Å². The summed E-state index contributed by atoms with van der Waals surface area (Å²) in [4.78, 5) is 13.9. The number of halogens is 1. The first-order chi connectivity index (χ1) is 11.9. The number of amides is 1. The molecule has 0 unspecified atom stereocenters. The van der Waals surface area contributed by atoms with Gasteiger partial charge in [0, 0.05) is 44.2 Å². The molecule has 1 saturated heterocycles. The number of carbonyl (C=O) groups is 1. The minimum absolute atomic E-state index is 0.113. The Morgan fingerprint density at radius 2 is 1.88 bits per heavy atom. The molecule has 1 aromatic carbocycles. The highest BCUT2D eigenvalue weighted by molar-refractivity contribution is 7.89. The minimum atomic E-state index is -3.64. The van der Waals surface area contributed by atoms with Gasteiger partial charge in [-0.2, -0.15) is 4.31 Å². The van der Waals surface area contributed by atoms with Crippen LogP contribution in [0.1, 0.15) is 26.2 Å². The molecule has 1 amide bonds. The summed E-state index contributed by atoms with van der Waals surface area (Å²) in [7, 11) is -2.09. The summed E-state index contributed by atoms with van der Waals surface area (Å²) in [6, 6.07) is 6.05. The fraction of sp³-hybridized carbons (Fsp3) is 0.588. The number of piperidine rings is 1. The van der Waals surface area contributed by atoms with Crippen LogP contribution in [-0.2, 0) is 19.6 Å². The van der Waals surface area contributed by atoms with Crippen LogP contribution in [0, 0.1) is 0 Å². The highest BCUT2D eigenvalue weighted by atomic mass is 35.5. The second kappa shape index (κ2) is 8.98. The van der Waals surface area contributed by atoms with Gasteiger partial charge in [0.2, 0.25) is 15.9 Å². The van der Waals surface area contributed by atoms with Gasteiger partial charge in [-0.15, -0.1) is 0 Å². The van der Waals surface area contributed by atoms with Crippen LogP contribution in [0.15, 0.2) is 29.2 Å². The van der Waals surface area contributed by atoms with Crippen molar-refractivity contribution in [3.63, 3.8) is 0 Å². The lowest BCUT2D eigenvalue weighted by Gasteiger charge is -2.37. The first kappa shape index (κ1) is 20.2. The molecule has 2 rings (SSSR count). The monoisotopic (exact) mass is 388 g/mol. The number of rotatable bonds is 7. The number of hydrogen-bond acceptors (Lipinski definition) is 4. The lowest BCUT2D eigenvalue weighted by Crippen LogP contribution is -2.49. The topological polar surface area (TPSA) is 66.9 Å². The molecule has 0 atom stereocenters. The SMILES string of the molecule is CCC(=O)N1CCC(N(CCOC)S(=O)(=O)c2ccc(Cl)cc2)CC1. The molecule has 6 nitrogen and oxygen atoms in total. The molecule has 1 aromatic rings. The van der Waals surface area contributed by atoms with Crippen LogP contribution in [-0.4, -0.2) is 62.9 Å². The standard InChI is InChI=1S/C17H25ClN2O4S/c1-3-17(21)19-10-8-15(9-11-19)20(12-13-24-2)25(22,23)16-6-4-14(18)5-7-16/h4-7,15H,3,8-13H2,1-2H3. The summed E-state index contributed by atoms with van der Waals surface area (Å²) in [6.07, 6.45) is 1.73. The van der Waals surface area contributed by atoms with Crippen molar-refractivity contribution < 1.29 is 17.9 Å². The molecule has 1 heterocycles. The quantitative estimate of drug-likeness (QED) is 0.719. The van der Waals surface area contributed by atoms with E-state index in [4.69, 9.17) is 16.3 Å². The predicted octanol–water partition coefficient (Wildman–Crippen LogP) is 2.38. The Kier molecular flexibility index (Phi) is 7.25. The van der Waals surface area contributed by atoms with Gasteiger partial charge in [0.15, 0.2) is 0 Å². The van der Waals surface area contributed by atoms with Crippen LogP contribution < -0.4 is 0 Å². The van der Waals surface area contributed by atoms with Crippen LogP contribution in [0.4, 0.5) is 0 Å². The second-order valence-corrected chi connectivity index (χ2v) is 8.35. The number of methoxy groups -OCH3 is 1. The zero-order valence-corrected chi connectivity index (χ0v) is 16.2. The summed E-state index contributed by atoms with van der Waals surface area (Å²) in [5.74, 6) is 0.113. The molecule has 25 heavy (non-hydrogen) atoms. The lowest BCUT2D eigenvalue weighted by atomic mass is 10.0. The third-order valence-corrected chi connectivity index (χ3v) is 6.68. The average molecular weight is 389 g/mol. The summed E-state index contributed by atoms with van der Waals surface area (Å²) < 4.78 is 32.7. The van der Waals surface area contributed by atoms with Crippen molar-refractivity contribution in [3.05, 3.63) is 29.3 Å². The van der Waals surface area contributed by atoms with E-state index < -0.39 is 10.0 Å². The second-order valence-electron chi connectivity index (χ2n) is 6.03.